The smallest absolute Gasteiger partial charge is 0.301 e. The maximum Gasteiger partial charge on any atom is 0.416 e. The lowest BCUT2D eigenvalue weighted by molar-refractivity contribution is -0.143. The van der Waals surface area contributed by atoms with Gasteiger partial charge in [-0.3, -0.25) is 4.79 Å². The Labute approximate surface area is 142 Å². The van der Waals surface area contributed by atoms with Crippen molar-refractivity contribution in [1.82, 2.24) is 9.97 Å². The van der Waals surface area contributed by atoms with Crippen LogP contribution in [0.25, 0.3) is 0 Å². The second kappa shape index (κ2) is 7.11. The highest BCUT2D eigenvalue weighted by Crippen LogP contribution is 2.37. The zero-order valence-electron chi connectivity index (χ0n) is 12.8. The quantitative estimate of drug-likeness (QED) is 0.475. The summed E-state index contributed by atoms with van der Waals surface area (Å²) >= 11 is 0.855. The molecule has 136 valence electrons. The highest BCUT2D eigenvalue weighted by Gasteiger charge is 2.36. The van der Waals surface area contributed by atoms with E-state index in [1.165, 1.54) is 6.07 Å². The molecule has 0 bridgehead atoms. The Morgan fingerprint density at radius 3 is 2.04 bits per heavy atom. The predicted molar refractivity (Wildman–Crippen MR) is 80.2 cm³/mol. The van der Waals surface area contributed by atoms with Gasteiger partial charge in [-0.15, -0.1) is 0 Å². The van der Waals surface area contributed by atoms with Crippen LogP contribution in [0.5, 0.6) is 0 Å². The van der Waals surface area contributed by atoms with Gasteiger partial charge in [-0.1, -0.05) is 18.7 Å². The molecule has 25 heavy (non-hydrogen) atoms. The third-order valence-electron chi connectivity index (χ3n) is 3.16. The summed E-state index contributed by atoms with van der Waals surface area (Å²) in [5.74, 6) is -0.205. The summed E-state index contributed by atoms with van der Waals surface area (Å²) < 4.78 is 76.9. The number of hydrogen-bond acceptors (Lipinski definition) is 3. The normalized spacial score (nSPS) is 12.4. The summed E-state index contributed by atoms with van der Waals surface area (Å²) in [5.41, 5.74) is -2.87. The third-order valence-corrected chi connectivity index (χ3v) is 4.10. The van der Waals surface area contributed by atoms with Gasteiger partial charge in [0, 0.05) is 17.5 Å². The molecule has 1 heterocycles. The fourth-order valence-electron chi connectivity index (χ4n) is 1.99. The van der Waals surface area contributed by atoms with Gasteiger partial charge in [-0.2, -0.15) is 26.3 Å². The molecule has 3 nitrogen and oxygen atoms in total. The van der Waals surface area contributed by atoms with Crippen molar-refractivity contribution < 1.29 is 26.3 Å². The molecule has 0 amide bonds. The Balaban J connectivity index is 2.33. The molecule has 0 saturated carbocycles. The van der Waals surface area contributed by atoms with E-state index in [0.717, 1.165) is 11.8 Å². The lowest BCUT2D eigenvalue weighted by Crippen LogP contribution is -2.12. The summed E-state index contributed by atoms with van der Waals surface area (Å²) in [5, 5.41) is 0.135. The second-order valence-corrected chi connectivity index (χ2v) is 6.06. The van der Waals surface area contributed by atoms with Crippen molar-refractivity contribution in [2.75, 3.05) is 0 Å². The van der Waals surface area contributed by atoms with Gasteiger partial charge in [0.2, 0.25) is 0 Å². The summed E-state index contributed by atoms with van der Waals surface area (Å²) in [4.78, 5) is 17.9. The van der Waals surface area contributed by atoms with Crippen LogP contribution in [0.15, 0.2) is 34.2 Å². The van der Waals surface area contributed by atoms with Crippen molar-refractivity contribution in [2.24, 2.45) is 0 Å². The number of nitrogens with one attached hydrogen (secondary N) is 1. The van der Waals surface area contributed by atoms with Gasteiger partial charge in [0.05, 0.1) is 11.1 Å². The molecule has 0 aliphatic rings. The van der Waals surface area contributed by atoms with Gasteiger partial charge >= 0.3 is 12.4 Å². The van der Waals surface area contributed by atoms with Gasteiger partial charge in [0.25, 0.3) is 5.56 Å². The van der Waals surface area contributed by atoms with Gasteiger partial charge in [-0.05, 0) is 30.2 Å². The Bertz CT molecular complexity index is 781. The van der Waals surface area contributed by atoms with Crippen molar-refractivity contribution >= 4 is 11.8 Å². The van der Waals surface area contributed by atoms with Crippen molar-refractivity contribution in [1.29, 1.82) is 0 Å². The molecule has 2 aromatic rings. The van der Waals surface area contributed by atoms with E-state index < -0.39 is 29.0 Å². The molecule has 0 unspecified atom stereocenters. The number of hydrogen-bond donors (Lipinski definition) is 1. The van der Waals surface area contributed by atoms with Crippen molar-refractivity contribution in [3.8, 4) is 0 Å². The maximum absolute atomic E-state index is 12.8. The number of aromatic amines is 1. The molecular weight excluding hydrogens is 370 g/mol. The van der Waals surface area contributed by atoms with Crippen molar-refractivity contribution in [2.45, 2.75) is 36.6 Å². The van der Waals surface area contributed by atoms with Crippen molar-refractivity contribution in [3.05, 3.63) is 57.0 Å². The van der Waals surface area contributed by atoms with Gasteiger partial charge in [0.15, 0.2) is 5.16 Å². The molecule has 1 aromatic carbocycles. The van der Waals surface area contributed by atoms with Crippen LogP contribution in [-0.2, 0) is 24.5 Å². The standard InChI is InChI=1S/C15H12F6N2OS/c1-2-11-6-12(24)23-13(22-11)25-7-8-3-9(14(16,17)18)5-10(4-8)15(19,20)21/h3-6H,2,7H2,1H3,(H,22,23,24). The number of rotatable bonds is 4. The molecule has 10 heteroatoms. The fraction of sp³-hybridized carbons (Fsp3) is 0.333. The Kier molecular flexibility index (Phi) is 5.50. The van der Waals surface area contributed by atoms with E-state index in [1.807, 2.05) is 0 Å². The maximum atomic E-state index is 12.8. The van der Waals surface area contributed by atoms with E-state index in [0.29, 0.717) is 24.2 Å². The van der Waals surface area contributed by atoms with Crippen LogP contribution in [-0.4, -0.2) is 9.97 Å². The fourth-order valence-corrected chi connectivity index (χ4v) is 2.81. The van der Waals surface area contributed by atoms with E-state index in [1.54, 1.807) is 6.92 Å². The summed E-state index contributed by atoms with van der Waals surface area (Å²) in [7, 11) is 0. The lowest BCUT2D eigenvalue weighted by Gasteiger charge is -2.14. The number of H-pyrrole nitrogens is 1. The first-order valence-electron chi connectivity index (χ1n) is 7.00. The minimum absolute atomic E-state index is 0.0754. The van der Waals surface area contributed by atoms with Gasteiger partial charge < -0.3 is 4.98 Å². The second-order valence-electron chi connectivity index (χ2n) is 5.10. The van der Waals surface area contributed by atoms with E-state index in [9.17, 15) is 31.1 Å². The highest BCUT2D eigenvalue weighted by atomic mass is 32.2. The summed E-state index contributed by atoms with van der Waals surface area (Å²) in [6.07, 6.45) is -9.32. The van der Waals surface area contributed by atoms with Gasteiger partial charge in [-0.25, -0.2) is 4.98 Å². The molecule has 1 aromatic heterocycles. The Morgan fingerprint density at radius 1 is 1.00 bits per heavy atom. The topological polar surface area (TPSA) is 45.8 Å². The van der Waals surface area contributed by atoms with Gasteiger partial charge in [0.1, 0.15) is 0 Å². The first kappa shape index (κ1) is 19.4. The van der Waals surface area contributed by atoms with Crippen LogP contribution in [0, 0.1) is 0 Å². The van der Waals surface area contributed by atoms with Crippen LogP contribution < -0.4 is 5.56 Å². The molecule has 0 radical (unpaired) electrons. The van der Waals surface area contributed by atoms with E-state index in [-0.39, 0.29) is 22.5 Å². The predicted octanol–water partition coefficient (Wildman–Crippen LogP) is 4.66. The number of alkyl halides is 6. The lowest BCUT2D eigenvalue weighted by atomic mass is 10.1. The minimum Gasteiger partial charge on any atom is -0.301 e. The average Bonchev–Trinajstić information content (AvgIpc) is 2.50. The third kappa shape index (κ3) is 5.25. The summed E-state index contributed by atoms with van der Waals surface area (Å²) in [6, 6.07) is 2.66. The summed E-state index contributed by atoms with van der Waals surface area (Å²) in [6.45, 7) is 1.76. The first-order chi connectivity index (χ1) is 11.5. The zero-order valence-corrected chi connectivity index (χ0v) is 13.6. The van der Waals surface area contributed by atoms with E-state index in [4.69, 9.17) is 0 Å². The molecule has 0 atom stereocenters. The molecule has 0 fully saturated rings. The number of aromatic nitrogens is 2. The molecule has 0 aliphatic heterocycles. The SMILES string of the molecule is CCc1cc(=O)[nH]c(SCc2cc(C(F)(F)F)cc(C(F)(F)F)c2)n1. The number of aryl methyl sites for hydroxylation is 1. The average molecular weight is 382 g/mol. The number of nitrogens with zero attached hydrogens (tertiary/aromatic N) is 1. The number of benzene rings is 1. The molecule has 1 N–H and O–H groups in total. The van der Waals surface area contributed by atoms with Crippen molar-refractivity contribution in [3.63, 3.8) is 0 Å². The largest absolute Gasteiger partial charge is 0.416 e. The van der Waals surface area contributed by atoms with E-state index in [2.05, 4.69) is 9.97 Å². The monoisotopic (exact) mass is 382 g/mol. The van der Waals surface area contributed by atoms with Crippen LogP contribution in [0.2, 0.25) is 0 Å². The van der Waals surface area contributed by atoms with E-state index >= 15 is 0 Å². The number of halogens is 6. The van der Waals surface area contributed by atoms with Crippen LogP contribution >= 0.6 is 11.8 Å². The highest BCUT2D eigenvalue weighted by molar-refractivity contribution is 7.98. The molecule has 0 aliphatic carbocycles. The van der Waals surface area contributed by atoms with Crippen LogP contribution in [0.4, 0.5) is 26.3 Å². The molecule has 2 rings (SSSR count). The molecule has 0 saturated heterocycles. The Hall–Kier alpha value is -1.97. The van der Waals surface area contributed by atoms with Crippen LogP contribution in [0.3, 0.4) is 0 Å². The minimum atomic E-state index is -4.89. The van der Waals surface area contributed by atoms with Crippen LogP contribution in [0.1, 0.15) is 29.3 Å². The molecule has 0 spiro atoms. The zero-order chi connectivity index (χ0) is 18.8. The first-order valence-corrected chi connectivity index (χ1v) is 7.99. The number of thioether (sulfide) groups is 1. The Morgan fingerprint density at radius 2 is 1.56 bits per heavy atom. The molecular formula is C15H12F6N2OS.